The van der Waals surface area contributed by atoms with Gasteiger partial charge < -0.3 is 15.8 Å². The molecule has 30 heavy (non-hydrogen) atoms. The van der Waals surface area contributed by atoms with Crippen molar-refractivity contribution in [3.8, 4) is 0 Å². The van der Waals surface area contributed by atoms with Crippen LogP contribution in [-0.4, -0.2) is 30.2 Å². The number of hydrogen-bond acceptors (Lipinski definition) is 5. The summed E-state index contributed by atoms with van der Waals surface area (Å²) in [6, 6.07) is 20.8. The van der Waals surface area contributed by atoms with Gasteiger partial charge in [0, 0.05) is 22.4 Å². The highest BCUT2D eigenvalue weighted by Crippen LogP contribution is 2.16. The number of carbonyl (C=O) groups is 4. The van der Waals surface area contributed by atoms with Crippen LogP contribution in [0.3, 0.4) is 0 Å². The SMILES string of the molecule is NC(=O)c1ccc(NC(=O)COC(=O)c2ccccc2C(=O)c2ccccc2)cc1. The van der Waals surface area contributed by atoms with Gasteiger partial charge in [-0.05, 0) is 30.3 Å². The van der Waals surface area contributed by atoms with Gasteiger partial charge >= 0.3 is 5.97 Å². The molecule has 0 heterocycles. The third kappa shape index (κ3) is 4.96. The lowest BCUT2D eigenvalue weighted by molar-refractivity contribution is -0.119. The van der Waals surface area contributed by atoms with Crippen molar-refractivity contribution in [2.45, 2.75) is 0 Å². The van der Waals surface area contributed by atoms with Crippen molar-refractivity contribution in [1.82, 2.24) is 0 Å². The minimum absolute atomic E-state index is 0.0740. The van der Waals surface area contributed by atoms with Crippen LogP contribution in [0.25, 0.3) is 0 Å². The molecule has 0 unspecified atom stereocenters. The largest absolute Gasteiger partial charge is 0.452 e. The Bertz CT molecular complexity index is 1090. The fourth-order valence-electron chi connectivity index (χ4n) is 2.73. The van der Waals surface area contributed by atoms with Crippen molar-refractivity contribution in [2.75, 3.05) is 11.9 Å². The fraction of sp³-hybridized carbons (Fsp3) is 0.0435. The number of nitrogens with one attached hydrogen (secondary N) is 1. The first kappa shape index (κ1) is 20.5. The highest BCUT2D eigenvalue weighted by Gasteiger charge is 2.19. The molecule has 0 radical (unpaired) electrons. The first-order valence-electron chi connectivity index (χ1n) is 9.01. The third-order valence-corrected chi connectivity index (χ3v) is 4.22. The molecule has 3 N–H and O–H groups in total. The predicted molar refractivity (Wildman–Crippen MR) is 110 cm³/mol. The van der Waals surface area contributed by atoms with Crippen molar-refractivity contribution in [3.05, 3.63) is 101 Å². The number of anilines is 1. The first-order chi connectivity index (χ1) is 14.5. The van der Waals surface area contributed by atoms with E-state index in [4.69, 9.17) is 10.5 Å². The number of rotatable bonds is 7. The second-order valence-electron chi connectivity index (χ2n) is 6.31. The predicted octanol–water partition coefficient (Wildman–Crippen LogP) is 2.81. The monoisotopic (exact) mass is 402 g/mol. The minimum Gasteiger partial charge on any atom is -0.452 e. The summed E-state index contributed by atoms with van der Waals surface area (Å²) >= 11 is 0. The van der Waals surface area contributed by atoms with Crippen LogP contribution in [0.15, 0.2) is 78.9 Å². The number of nitrogens with two attached hydrogens (primary N) is 1. The van der Waals surface area contributed by atoms with Gasteiger partial charge in [-0.1, -0.05) is 48.5 Å². The highest BCUT2D eigenvalue weighted by atomic mass is 16.5. The van der Waals surface area contributed by atoms with Crippen LogP contribution in [0.2, 0.25) is 0 Å². The van der Waals surface area contributed by atoms with Crippen LogP contribution in [0.4, 0.5) is 5.69 Å². The Morgan fingerprint density at radius 2 is 1.33 bits per heavy atom. The maximum atomic E-state index is 12.7. The maximum absolute atomic E-state index is 12.7. The Morgan fingerprint density at radius 3 is 1.97 bits per heavy atom. The molecule has 0 bridgehead atoms. The van der Waals surface area contributed by atoms with Gasteiger partial charge in [0.25, 0.3) is 5.91 Å². The lowest BCUT2D eigenvalue weighted by Crippen LogP contribution is -2.22. The molecule has 3 rings (SSSR count). The van der Waals surface area contributed by atoms with E-state index < -0.39 is 24.4 Å². The zero-order chi connectivity index (χ0) is 21.5. The Hall–Kier alpha value is -4.26. The first-order valence-corrected chi connectivity index (χ1v) is 9.01. The van der Waals surface area contributed by atoms with E-state index in [0.717, 1.165) is 0 Å². The Balaban J connectivity index is 1.64. The number of esters is 1. The van der Waals surface area contributed by atoms with Gasteiger partial charge in [0.15, 0.2) is 12.4 Å². The van der Waals surface area contributed by atoms with Gasteiger partial charge in [0.2, 0.25) is 5.91 Å². The van der Waals surface area contributed by atoms with E-state index in [2.05, 4.69) is 5.32 Å². The van der Waals surface area contributed by atoms with Gasteiger partial charge in [0.1, 0.15) is 0 Å². The van der Waals surface area contributed by atoms with Gasteiger partial charge in [-0.15, -0.1) is 0 Å². The molecule has 0 aromatic heterocycles. The summed E-state index contributed by atoms with van der Waals surface area (Å²) in [5, 5.41) is 2.54. The molecule has 0 aliphatic carbocycles. The molecule has 0 aliphatic rings. The fourth-order valence-corrected chi connectivity index (χ4v) is 2.73. The number of ether oxygens (including phenoxy) is 1. The average Bonchev–Trinajstić information content (AvgIpc) is 2.78. The van der Waals surface area contributed by atoms with Crippen LogP contribution in [0, 0.1) is 0 Å². The molecule has 7 nitrogen and oxygen atoms in total. The number of ketones is 1. The molecular formula is C23H18N2O5. The maximum Gasteiger partial charge on any atom is 0.339 e. The summed E-state index contributed by atoms with van der Waals surface area (Å²) in [7, 11) is 0. The molecule has 0 saturated heterocycles. The summed E-state index contributed by atoms with van der Waals surface area (Å²) in [4.78, 5) is 48.3. The van der Waals surface area contributed by atoms with Crippen molar-refractivity contribution < 1.29 is 23.9 Å². The van der Waals surface area contributed by atoms with Crippen LogP contribution in [0.5, 0.6) is 0 Å². The summed E-state index contributed by atoms with van der Waals surface area (Å²) < 4.78 is 5.07. The van der Waals surface area contributed by atoms with E-state index >= 15 is 0 Å². The standard InChI is InChI=1S/C23H18N2O5/c24-22(28)16-10-12-17(13-11-16)25-20(26)14-30-23(29)19-9-5-4-8-18(19)21(27)15-6-2-1-3-7-15/h1-13H,14H2,(H2,24,28)(H,25,26). The molecule has 7 heteroatoms. The van der Waals surface area contributed by atoms with Crippen LogP contribution >= 0.6 is 0 Å². The molecule has 150 valence electrons. The molecule has 3 aromatic carbocycles. The lowest BCUT2D eigenvalue weighted by atomic mass is 9.98. The van der Waals surface area contributed by atoms with Crippen molar-refractivity contribution in [3.63, 3.8) is 0 Å². The van der Waals surface area contributed by atoms with E-state index in [0.29, 0.717) is 16.8 Å². The lowest BCUT2D eigenvalue weighted by Gasteiger charge is -2.10. The van der Waals surface area contributed by atoms with Crippen molar-refractivity contribution >= 4 is 29.3 Å². The summed E-state index contributed by atoms with van der Waals surface area (Å²) in [6.07, 6.45) is 0. The van der Waals surface area contributed by atoms with E-state index in [-0.39, 0.29) is 16.9 Å². The number of primary amides is 1. The average molecular weight is 402 g/mol. The zero-order valence-corrected chi connectivity index (χ0v) is 15.8. The Morgan fingerprint density at radius 1 is 0.733 bits per heavy atom. The second kappa shape index (κ2) is 9.29. The molecule has 2 amide bonds. The third-order valence-electron chi connectivity index (χ3n) is 4.22. The quantitative estimate of drug-likeness (QED) is 0.466. The highest BCUT2D eigenvalue weighted by molar-refractivity contribution is 6.14. The molecule has 0 aliphatic heterocycles. The molecule has 0 saturated carbocycles. The molecule has 3 aromatic rings. The number of hydrogen-bond donors (Lipinski definition) is 2. The minimum atomic E-state index is -0.783. The topological polar surface area (TPSA) is 116 Å². The smallest absolute Gasteiger partial charge is 0.339 e. The molecule has 0 atom stereocenters. The van der Waals surface area contributed by atoms with Crippen LogP contribution in [-0.2, 0) is 9.53 Å². The van der Waals surface area contributed by atoms with E-state index in [1.54, 1.807) is 42.5 Å². The Labute approximate surface area is 172 Å². The molecule has 0 fully saturated rings. The summed E-state index contributed by atoms with van der Waals surface area (Å²) in [5.74, 6) is -2.25. The van der Waals surface area contributed by atoms with Crippen molar-refractivity contribution in [1.29, 1.82) is 0 Å². The molecule has 0 spiro atoms. The van der Waals surface area contributed by atoms with Gasteiger partial charge in [-0.2, -0.15) is 0 Å². The van der Waals surface area contributed by atoms with Crippen LogP contribution < -0.4 is 11.1 Å². The second-order valence-corrected chi connectivity index (χ2v) is 6.31. The summed E-state index contributed by atoms with van der Waals surface area (Å²) in [5.41, 5.74) is 6.59. The van der Waals surface area contributed by atoms with E-state index in [1.165, 1.54) is 36.4 Å². The normalized spacial score (nSPS) is 10.1. The van der Waals surface area contributed by atoms with Crippen LogP contribution in [0.1, 0.15) is 36.6 Å². The molecular weight excluding hydrogens is 384 g/mol. The summed E-state index contributed by atoms with van der Waals surface area (Å²) in [6.45, 7) is -0.537. The van der Waals surface area contributed by atoms with Crippen molar-refractivity contribution in [2.24, 2.45) is 5.73 Å². The van der Waals surface area contributed by atoms with E-state index in [1.807, 2.05) is 0 Å². The van der Waals surface area contributed by atoms with Gasteiger partial charge in [-0.3, -0.25) is 14.4 Å². The number of amides is 2. The number of benzene rings is 3. The zero-order valence-electron chi connectivity index (χ0n) is 15.8. The van der Waals surface area contributed by atoms with Gasteiger partial charge in [-0.25, -0.2) is 4.79 Å². The van der Waals surface area contributed by atoms with Gasteiger partial charge in [0.05, 0.1) is 5.56 Å². The van der Waals surface area contributed by atoms with E-state index in [9.17, 15) is 19.2 Å². The number of carbonyl (C=O) groups excluding carboxylic acids is 4. The Kier molecular flexibility index (Phi) is 6.34.